The summed E-state index contributed by atoms with van der Waals surface area (Å²) in [4.78, 5) is 27.9. The Bertz CT molecular complexity index is 948. The van der Waals surface area contributed by atoms with Crippen LogP contribution in [0.25, 0.3) is 10.2 Å². The maximum Gasteiger partial charge on any atom is 0.255 e. The van der Waals surface area contributed by atoms with Gasteiger partial charge in [0.05, 0.1) is 16.3 Å². The molecular formula is C19H19N3O3S. The molecule has 0 radical (unpaired) electrons. The highest BCUT2D eigenvalue weighted by molar-refractivity contribution is 7.22. The minimum Gasteiger partial charge on any atom is -0.491 e. The molecule has 0 unspecified atom stereocenters. The highest BCUT2D eigenvalue weighted by Gasteiger charge is 2.10. The van der Waals surface area contributed by atoms with Crippen LogP contribution in [0.5, 0.6) is 5.75 Å². The molecule has 3 rings (SSSR count). The quantitative estimate of drug-likeness (QED) is 0.703. The third-order valence-corrected chi connectivity index (χ3v) is 4.35. The van der Waals surface area contributed by atoms with Gasteiger partial charge in [0, 0.05) is 18.2 Å². The lowest BCUT2D eigenvalue weighted by atomic mass is 10.2. The number of hydrogen-bond acceptors (Lipinski definition) is 5. The van der Waals surface area contributed by atoms with Crippen LogP contribution in [0.3, 0.4) is 0 Å². The van der Waals surface area contributed by atoms with Gasteiger partial charge in [-0.2, -0.15) is 0 Å². The van der Waals surface area contributed by atoms with Crippen LogP contribution in [-0.4, -0.2) is 22.9 Å². The first kappa shape index (κ1) is 17.9. The van der Waals surface area contributed by atoms with Crippen molar-refractivity contribution in [3.05, 3.63) is 48.0 Å². The number of hydrogen-bond donors (Lipinski definition) is 2. The normalized spacial score (nSPS) is 10.8. The predicted octanol–water partition coefficient (Wildman–Crippen LogP) is 4.29. The highest BCUT2D eigenvalue weighted by Crippen LogP contribution is 2.28. The minimum absolute atomic E-state index is 0.0863. The van der Waals surface area contributed by atoms with E-state index in [2.05, 4.69) is 15.6 Å². The summed E-state index contributed by atoms with van der Waals surface area (Å²) in [5.41, 5.74) is 1.99. The number of aromatic nitrogens is 1. The van der Waals surface area contributed by atoms with Gasteiger partial charge in [-0.15, -0.1) is 0 Å². The van der Waals surface area contributed by atoms with Crippen LogP contribution >= 0.6 is 11.3 Å². The third kappa shape index (κ3) is 4.37. The molecule has 1 aromatic heterocycles. The number of benzene rings is 2. The fourth-order valence-electron chi connectivity index (χ4n) is 2.37. The summed E-state index contributed by atoms with van der Waals surface area (Å²) in [6, 6.07) is 12.5. The zero-order chi connectivity index (χ0) is 18.7. The number of carbonyl (C=O) groups is 2. The smallest absolute Gasteiger partial charge is 0.255 e. The molecule has 0 saturated heterocycles. The van der Waals surface area contributed by atoms with E-state index in [1.807, 2.05) is 26.0 Å². The van der Waals surface area contributed by atoms with Crippen molar-refractivity contribution in [1.82, 2.24) is 4.98 Å². The molecular weight excluding hydrogens is 350 g/mol. The summed E-state index contributed by atoms with van der Waals surface area (Å²) in [6.07, 6.45) is 0.0863. The average molecular weight is 369 g/mol. The molecule has 2 amide bonds. The minimum atomic E-state index is -0.202. The third-order valence-electron chi connectivity index (χ3n) is 3.42. The van der Waals surface area contributed by atoms with Crippen molar-refractivity contribution in [2.45, 2.75) is 26.9 Å². The van der Waals surface area contributed by atoms with E-state index in [9.17, 15) is 9.59 Å². The summed E-state index contributed by atoms with van der Waals surface area (Å²) < 4.78 is 6.46. The van der Waals surface area contributed by atoms with Crippen molar-refractivity contribution < 1.29 is 14.3 Å². The van der Waals surface area contributed by atoms with Crippen molar-refractivity contribution in [2.24, 2.45) is 0 Å². The second-order valence-corrected chi connectivity index (χ2v) is 7.06. The molecule has 0 bridgehead atoms. The molecule has 0 atom stereocenters. The molecule has 2 N–H and O–H groups in total. The Morgan fingerprint density at radius 2 is 1.81 bits per heavy atom. The molecule has 0 aliphatic rings. The number of thiazole rings is 1. The topological polar surface area (TPSA) is 80.3 Å². The molecule has 0 fully saturated rings. The Kier molecular flexibility index (Phi) is 5.18. The molecule has 134 valence electrons. The highest BCUT2D eigenvalue weighted by atomic mass is 32.1. The number of carbonyl (C=O) groups excluding carboxylic acids is 2. The van der Waals surface area contributed by atoms with E-state index in [4.69, 9.17) is 4.74 Å². The fourth-order valence-corrected chi connectivity index (χ4v) is 3.32. The lowest BCUT2D eigenvalue weighted by Gasteiger charge is -2.10. The van der Waals surface area contributed by atoms with Gasteiger partial charge in [0.1, 0.15) is 5.75 Å². The predicted molar refractivity (Wildman–Crippen MR) is 104 cm³/mol. The van der Waals surface area contributed by atoms with Crippen LogP contribution in [0, 0.1) is 0 Å². The second kappa shape index (κ2) is 7.53. The molecule has 1 heterocycles. The summed E-state index contributed by atoms with van der Waals surface area (Å²) in [5.74, 6) is 0.364. The van der Waals surface area contributed by atoms with Crippen molar-refractivity contribution in [3.63, 3.8) is 0 Å². The number of amides is 2. The first-order chi connectivity index (χ1) is 12.4. The number of nitrogens with one attached hydrogen (secondary N) is 2. The molecule has 0 spiro atoms. The van der Waals surface area contributed by atoms with Crippen LogP contribution in [-0.2, 0) is 4.79 Å². The molecule has 6 nitrogen and oxygen atoms in total. The Morgan fingerprint density at radius 1 is 1.08 bits per heavy atom. The van der Waals surface area contributed by atoms with Gasteiger partial charge in [0.15, 0.2) is 5.13 Å². The van der Waals surface area contributed by atoms with Gasteiger partial charge in [0.25, 0.3) is 5.91 Å². The zero-order valence-corrected chi connectivity index (χ0v) is 15.5. The van der Waals surface area contributed by atoms with E-state index >= 15 is 0 Å². The van der Waals surface area contributed by atoms with Gasteiger partial charge in [-0.3, -0.25) is 9.59 Å². The maximum absolute atomic E-state index is 12.4. The summed E-state index contributed by atoms with van der Waals surface area (Å²) in [7, 11) is 0. The Balaban J connectivity index is 1.73. The molecule has 0 aliphatic carbocycles. The Morgan fingerprint density at radius 3 is 2.46 bits per heavy atom. The lowest BCUT2D eigenvalue weighted by molar-refractivity contribution is -0.114. The van der Waals surface area contributed by atoms with E-state index in [-0.39, 0.29) is 17.9 Å². The van der Waals surface area contributed by atoms with Crippen molar-refractivity contribution >= 4 is 44.2 Å². The molecule has 0 saturated carbocycles. The summed E-state index contributed by atoms with van der Waals surface area (Å²) >= 11 is 1.36. The number of nitrogens with zero attached hydrogens (tertiary/aromatic N) is 1. The number of fused-ring (bicyclic) bond motifs is 1. The first-order valence-electron chi connectivity index (χ1n) is 8.17. The van der Waals surface area contributed by atoms with Crippen molar-refractivity contribution in [2.75, 3.05) is 10.6 Å². The van der Waals surface area contributed by atoms with Crippen LogP contribution < -0.4 is 15.4 Å². The van der Waals surface area contributed by atoms with Crippen molar-refractivity contribution in [3.8, 4) is 5.75 Å². The van der Waals surface area contributed by atoms with Gasteiger partial charge in [-0.25, -0.2) is 4.98 Å². The summed E-state index contributed by atoms with van der Waals surface area (Å²) in [5, 5.41) is 6.08. The van der Waals surface area contributed by atoms with E-state index in [0.717, 1.165) is 16.0 Å². The maximum atomic E-state index is 12.4. The monoisotopic (exact) mass is 369 g/mol. The van der Waals surface area contributed by atoms with E-state index in [0.29, 0.717) is 16.4 Å². The second-order valence-electron chi connectivity index (χ2n) is 6.03. The SMILES string of the molecule is CC(=O)Nc1nc2ccc(NC(=O)c3ccc(OC(C)C)cc3)cc2s1. The number of rotatable bonds is 5. The molecule has 0 aliphatic heterocycles. The van der Waals surface area contributed by atoms with E-state index in [1.165, 1.54) is 18.3 Å². The molecule has 7 heteroatoms. The number of anilines is 2. The largest absolute Gasteiger partial charge is 0.491 e. The van der Waals surface area contributed by atoms with Gasteiger partial charge in [-0.1, -0.05) is 11.3 Å². The average Bonchev–Trinajstić information content (AvgIpc) is 2.95. The standard InChI is InChI=1S/C19H19N3O3S/c1-11(2)25-15-7-4-13(5-8-15)18(24)21-14-6-9-16-17(10-14)26-19(22-16)20-12(3)23/h4-11H,1-3H3,(H,21,24)(H,20,22,23). The van der Waals surface area contributed by atoms with Gasteiger partial charge >= 0.3 is 0 Å². The van der Waals surface area contributed by atoms with Gasteiger partial charge in [-0.05, 0) is 56.3 Å². The molecule has 2 aromatic carbocycles. The Hall–Kier alpha value is -2.93. The summed E-state index contributed by atoms with van der Waals surface area (Å²) in [6.45, 7) is 5.34. The zero-order valence-electron chi connectivity index (χ0n) is 14.7. The van der Waals surface area contributed by atoms with E-state index in [1.54, 1.807) is 30.3 Å². The van der Waals surface area contributed by atoms with Gasteiger partial charge in [0.2, 0.25) is 5.91 Å². The first-order valence-corrected chi connectivity index (χ1v) is 8.98. The lowest BCUT2D eigenvalue weighted by Crippen LogP contribution is -2.12. The fraction of sp³-hybridized carbons (Fsp3) is 0.211. The number of ether oxygens (including phenoxy) is 1. The molecule has 26 heavy (non-hydrogen) atoms. The molecule has 3 aromatic rings. The van der Waals surface area contributed by atoms with Crippen molar-refractivity contribution in [1.29, 1.82) is 0 Å². The van der Waals surface area contributed by atoms with Crippen LogP contribution in [0.2, 0.25) is 0 Å². The Labute approximate surface area is 155 Å². The van der Waals surface area contributed by atoms with Crippen LogP contribution in [0.1, 0.15) is 31.1 Å². The van der Waals surface area contributed by atoms with Crippen LogP contribution in [0.15, 0.2) is 42.5 Å². The van der Waals surface area contributed by atoms with Gasteiger partial charge < -0.3 is 15.4 Å². The van der Waals surface area contributed by atoms with E-state index < -0.39 is 0 Å². The van der Waals surface area contributed by atoms with Crippen LogP contribution in [0.4, 0.5) is 10.8 Å².